The van der Waals surface area contributed by atoms with Gasteiger partial charge in [0.05, 0.1) is 5.69 Å². The number of rotatable bonds is 6. The lowest BCUT2D eigenvalue weighted by atomic mass is 9.54. The number of fused-ring (bicyclic) bond motifs is 5. The lowest BCUT2D eigenvalue weighted by Crippen LogP contribution is -2.44. The van der Waals surface area contributed by atoms with E-state index >= 15 is 0 Å². The number of carbonyl (C=O) groups excluding carboxylic acids is 1. The summed E-state index contributed by atoms with van der Waals surface area (Å²) in [6.45, 7) is 7.58. The van der Waals surface area contributed by atoms with E-state index in [1.807, 2.05) is 16.8 Å². The van der Waals surface area contributed by atoms with Crippen molar-refractivity contribution in [1.82, 2.24) is 15.0 Å². The number of ketones is 1. The lowest BCUT2D eigenvalue weighted by molar-refractivity contribution is -0.129. The highest BCUT2D eigenvalue weighted by Gasteiger charge is 2.58. The molecule has 2 aromatic rings. The van der Waals surface area contributed by atoms with Crippen molar-refractivity contribution in [3.05, 3.63) is 41.2 Å². The van der Waals surface area contributed by atoms with Crippen LogP contribution < -0.4 is 0 Å². The number of nitrogens with zero attached hydrogens (tertiary/aromatic N) is 3. The van der Waals surface area contributed by atoms with Crippen molar-refractivity contribution in [2.75, 3.05) is 0 Å². The summed E-state index contributed by atoms with van der Waals surface area (Å²) in [4.78, 5) is 13.2. The number of aryl methyl sites for hydroxylation is 3. The Hall–Kier alpha value is -2.17. The van der Waals surface area contributed by atoms with Crippen molar-refractivity contribution in [1.29, 1.82) is 0 Å². The minimum absolute atomic E-state index is 0.162. The first-order chi connectivity index (χ1) is 15.3. The number of phenols is 1. The maximum atomic E-state index is 13.2. The zero-order valence-electron chi connectivity index (χ0n) is 19.8. The van der Waals surface area contributed by atoms with E-state index in [1.54, 1.807) is 0 Å². The Balaban J connectivity index is 1.32. The van der Waals surface area contributed by atoms with Crippen LogP contribution in [-0.4, -0.2) is 25.9 Å². The van der Waals surface area contributed by atoms with Crippen molar-refractivity contribution in [2.24, 2.45) is 29.1 Å². The number of aromatic hydroxyl groups is 1. The third-order valence-electron chi connectivity index (χ3n) is 8.85. The van der Waals surface area contributed by atoms with Gasteiger partial charge in [-0.1, -0.05) is 32.1 Å². The van der Waals surface area contributed by atoms with Gasteiger partial charge in [0, 0.05) is 24.6 Å². The fraction of sp³-hybridized carbons (Fsp3) is 0.667. The average Bonchev–Trinajstić information content (AvgIpc) is 3.32. The minimum Gasteiger partial charge on any atom is -0.508 e. The monoisotopic (exact) mass is 435 g/mol. The second-order valence-electron chi connectivity index (χ2n) is 11.3. The van der Waals surface area contributed by atoms with Gasteiger partial charge in [-0.25, -0.2) is 0 Å². The molecule has 32 heavy (non-hydrogen) atoms. The van der Waals surface area contributed by atoms with Crippen LogP contribution in [-0.2, 0) is 24.2 Å². The largest absolute Gasteiger partial charge is 0.508 e. The zero-order valence-corrected chi connectivity index (χ0v) is 19.8. The van der Waals surface area contributed by atoms with E-state index in [1.165, 1.54) is 11.1 Å². The number of phenolic OH excluding ortho intramolecular Hbond substituents is 1. The standard InChI is InChI=1S/C27H37N3O2/c1-17(2)4-6-20-16-30(29-28-20)13-11-19-15-25(32)27(3)12-10-23-22-9-7-21(31)14-18(22)5-8-24(23)26(19)27/h7,9,14,16-17,19,23-24,26,31H,4-6,8,10-13,15H2,1-3H3/t19-,23-,24-,26+,27-/m1/s1. The van der Waals surface area contributed by atoms with Gasteiger partial charge in [0.1, 0.15) is 11.5 Å². The number of benzene rings is 1. The summed E-state index contributed by atoms with van der Waals surface area (Å²) in [5.41, 5.74) is 3.65. The molecule has 0 amide bonds. The predicted octanol–water partition coefficient (Wildman–Crippen LogP) is 5.31. The zero-order chi connectivity index (χ0) is 22.5. The van der Waals surface area contributed by atoms with Crippen molar-refractivity contribution >= 4 is 5.78 Å². The number of Topliss-reactive ketones (excluding diaryl/α,β-unsaturated/α-hetero) is 1. The van der Waals surface area contributed by atoms with E-state index in [0.29, 0.717) is 41.1 Å². The van der Waals surface area contributed by atoms with Crippen molar-refractivity contribution in [3.8, 4) is 5.75 Å². The van der Waals surface area contributed by atoms with Crippen LogP contribution in [0.4, 0.5) is 0 Å². The van der Waals surface area contributed by atoms with Crippen LogP contribution in [0.15, 0.2) is 24.4 Å². The molecule has 5 nitrogen and oxygen atoms in total. The molecule has 1 N–H and O–H groups in total. The summed E-state index contributed by atoms with van der Waals surface area (Å²) in [5, 5.41) is 18.7. The molecule has 2 saturated carbocycles. The second kappa shape index (κ2) is 8.31. The van der Waals surface area contributed by atoms with Crippen LogP contribution in [0.5, 0.6) is 5.75 Å². The molecule has 1 aromatic carbocycles. The summed E-state index contributed by atoms with van der Waals surface area (Å²) >= 11 is 0. The number of hydrogen-bond donors (Lipinski definition) is 1. The van der Waals surface area contributed by atoms with Gasteiger partial charge in [0.25, 0.3) is 0 Å². The number of hydrogen-bond acceptors (Lipinski definition) is 4. The molecule has 3 aliphatic carbocycles. The van der Waals surface area contributed by atoms with Gasteiger partial charge in [-0.15, -0.1) is 5.10 Å². The van der Waals surface area contributed by atoms with E-state index in [0.717, 1.165) is 63.6 Å². The molecule has 0 bridgehead atoms. The Bertz CT molecular complexity index is 997. The molecule has 5 heteroatoms. The molecule has 1 aromatic heterocycles. The van der Waals surface area contributed by atoms with Crippen molar-refractivity contribution < 1.29 is 9.90 Å². The summed E-state index contributed by atoms with van der Waals surface area (Å²) in [5.74, 6) is 3.52. The molecule has 0 aliphatic heterocycles. The van der Waals surface area contributed by atoms with Crippen molar-refractivity contribution in [3.63, 3.8) is 0 Å². The molecular formula is C27H37N3O2. The summed E-state index contributed by atoms with van der Waals surface area (Å²) in [6.07, 6.45) is 10.2. The van der Waals surface area contributed by atoms with Gasteiger partial charge in [-0.05, 0) is 97.8 Å². The molecule has 2 fully saturated rings. The average molecular weight is 436 g/mol. The molecule has 1 heterocycles. The Morgan fingerprint density at radius 3 is 2.94 bits per heavy atom. The molecule has 0 unspecified atom stereocenters. The van der Waals surface area contributed by atoms with Crippen LogP contribution in [0.1, 0.15) is 82.0 Å². The second-order valence-corrected chi connectivity index (χ2v) is 11.3. The minimum atomic E-state index is -0.162. The maximum absolute atomic E-state index is 13.2. The highest BCUT2D eigenvalue weighted by atomic mass is 16.3. The van der Waals surface area contributed by atoms with Crippen molar-refractivity contribution in [2.45, 2.75) is 84.6 Å². The third-order valence-corrected chi connectivity index (χ3v) is 8.85. The SMILES string of the molecule is CC(C)CCc1cn(CC[C@@H]2CC(=O)[C@@]3(C)CC[C@@H]4c5ccc(O)cc5CC[C@H]4[C@H]23)nn1. The van der Waals surface area contributed by atoms with E-state index in [-0.39, 0.29) is 5.41 Å². The van der Waals surface area contributed by atoms with Gasteiger partial charge in [0.15, 0.2) is 0 Å². The fourth-order valence-electron chi connectivity index (χ4n) is 7.19. The maximum Gasteiger partial charge on any atom is 0.139 e. The smallest absolute Gasteiger partial charge is 0.139 e. The quantitative estimate of drug-likeness (QED) is 0.667. The summed E-state index contributed by atoms with van der Waals surface area (Å²) in [7, 11) is 0. The topological polar surface area (TPSA) is 68.0 Å². The highest BCUT2D eigenvalue weighted by molar-refractivity contribution is 5.87. The molecule has 5 rings (SSSR count). The van der Waals surface area contributed by atoms with E-state index in [4.69, 9.17) is 0 Å². The predicted molar refractivity (Wildman–Crippen MR) is 124 cm³/mol. The summed E-state index contributed by atoms with van der Waals surface area (Å²) in [6, 6.07) is 5.94. The van der Waals surface area contributed by atoms with Crippen LogP contribution in [0.2, 0.25) is 0 Å². The first-order valence-electron chi connectivity index (χ1n) is 12.6. The Kier molecular flexibility index (Phi) is 5.63. The van der Waals surface area contributed by atoms with E-state index in [9.17, 15) is 9.90 Å². The molecule has 172 valence electrons. The van der Waals surface area contributed by atoms with Crippen LogP contribution >= 0.6 is 0 Å². The number of carbonyl (C=O) groups is 1. The molecule has 3 aliphatic rings. The van der Waals surface area contributed by atoms with Gasteiger partial charge in [0.2, 0.25) is 0 Å². The highest BCUT2D eigenvalue weighted by Crippen LogP contribution is 2.62. The Morgan fingerprint density at radius 2 is 2.12 bits per heavy atom. The molecule has 5 atom stereocenters. The lowest BCUT2D eigenvalue weighted by Gasteiger charge is -2.50. The van der Waals surface area contributed by atoms with E-state index < -0.39 is 0 Å². The van der Waals surface area contributed by atoms with Crippen LogP contribution in [0.25, 0.3) is 0 Å². The van der Waals surface area contributed by atoms with Gasteiger partial charge in [-0.3, -0.25) is 9.48 Å². The molecular weight excluding hydrogens is 398 g/mol. The van der Waals surface area contributed by atoms with Crippen LogP contribution in [0.3, 0.4) is 0 Å². The number of aromatic nitrogens is 3. The summed E-state index contributed by atoms with van der Waals surface area (Å²) < 4.78 is 2.00. The molecule has 0 spiro atoms. The fourth-order valence-corrected chi connectivity index (χ4v) is 7.19. The normalized spacial score (nSPS) is 31.4. The van der Waals surface area contributed by atoms with Gasteiger partial charge >= 0.3 is 0 Å². The Labute approximate surface area is 191 Å². The first-order valence-corrected chi connectivity index (χ1v) is 12.6. The molecule has 0 saturated heterocycles. The van der Waals surface area contributed by atoms with E-state index in [2.05, 4.69) is 43.3 Å². The van der Waals surface area contributed by atoms with Gasteiger partial charge in [-0.2, -0.15) is 0 Å². The first kappa shape index (κ1) is 21.7. The Morgan fingerprint density at radius 1 is 1.28 bits per heavy atom. The van der Waals surface area contributed by atoms with Gasteiger partial charge < -0.3 is 5.11 Å². The van der Waals surface area contributed by atoms with Crippen LogP contribution in [0, 0.1) is 29.1 Å². The molecule has 0 radical (unpaired) electrons. The third kappa shape index (κ3) is 3.78.